The van der Waals surface area contributed by atoms with E-state index in [9.17, 15) is 4.79 Å². The Hall–Kier alpha value is -1.31. The number of esters is 1. The molecule has 0 aliphatic heterocycles. The van der Waals surface area contributed by atoms with E-state index < -0.39 is 0 Å². The van der Waals surface area contributed by atoms with E-state index in [1.54, 1.807) is 0 Å². The third-order valence-electron chi connectivity index (χ3n) is 3.37. The van der Waals surface area contributed by atoms with Crippen LogP contribution in [0.25, 0.3) is 0 Å². The summed E-state index contributed by atoms with van der Waals surface area (Å²) in [5.41, 5.74) is 3.06. The van der Waals surface area contributed by atoms with E-state index in [4.69, 9.17) is 4.74 Å². The highest BCUT2D eigenvalue weighted by atomic mass is 16.5. The topological polar surface area (TPSA) is 26.3 Å². The zero-order chi connectivity index (χ0) is 12.4. The zero-order valence-electron chi connectivity index (χ0n) is 10.8. The number of carbonyl (C=O) groups is 1. The third-order valence-corrected chi connectivity index (χ3v) is 3.37. The van der Waals surface area contributed by atoms with E-state index in [1.807, 2.05) is 19.9 Å². The van der Waals surface area contributed by atoms with Crippen molar-refractivity contribution < 1.29 is 9.53 Å². The third kappa shape index (κ3) is 2.68. The van der Waals surface area contributed by atoms with Crippen LogP contribution < -0.4 is 0 Å². The van der Waals surface area contributed by atoms with Crippen LogP contribution in [0.2, 0.25) is 0 Å². The Labute approximate surface area is 103 Å². The summed E-state index contributed by atoms with van der Waals surface area (Å²) >= 11 is 0. The number of ether oxygens (including phenoxy) is 1. The van der Waals surface area contributed by atoms with Crippen LogP contribution in [0.1, 0.15) is 54.1 Å². The summed E-state index contributed by atoms with van der Waals surface area (Å²) in [6.45, 7) is 6.75. The minimum Gasteiger partial charge on any atom is -0.462 e. The molecule has 2 unspecified atom stereocenters. The van der Waals surface area contributed by atoms with Gasteiger partial charge in [-0.15, -0.1) is 0 Å². The van der Waals surface area contributed by atoms with E-state index in [-0.39, 0.29) is 5.97 Å². The Kier molecular flexibility index (Phi) is 3.51. The number of benzene rings is 1. The van der Waals surface area contributed by atoms with Crippen molar-refractivity contribution in [2.75, 3.05) is 6.61 Å². The van der Waals surface area contributed by atoms with E-state index in [0.29, 0.717) is 18.4 Å². The van der Waals surface area contributed by atoms with Gasteiger partial charge in [-0.25, -0.2) is 4.79 Å². The fourth-order valence-electron chi connectivity index (χ4n) is 2.20. The Bertz CT molecular complexity index is 423. The molecule has 2 rings (SSSR count). The number of aryl methyl sites for hydroxylation is 1. The van der Waals surface area contributed by atoms with Crippen LogP contribution in [0.4, 0.5) is 0 Å². The standard InChI is InChI=1S/C15H20O2/c1-4-7-17-15(16)14-8-10(2)5-6-12(14)13-9-11(13)3/h5-6,8,11,13H,4,7,9H2,1-3H3. The lowest BCUT2D eigenvalue weighted by molar-refractivity contribution is 0.0503. The van der Waals surface area contributed by atoms with Crippen LogP contribution in [0.15, 0.2) is 18.2 Å². The molecule has 0 bridgehead atoms. The molecule has 2 nitrogen and oxygen atoms in total. The molecule has 0 radical (unpaired) electrons. The summed E-state index contributed by atoms with van der Waals surface area (Å²) in [6.07, 6.45) is 2.06. The lowest BCUT2D eigenvalue weighted by Crippen LogP contribution is -2.09. The molecule has 1 fully saturated rings. The van der Waals surface area contributed by atoms with Crippen molar-refractivity contribution in [1.29, 1.82) is 0 Å². The molecule has 2 heteroatoms. The molecular formula is C15H20O2. The molecule has 0 aromatic heterocycles. The molecule has 1 aromatic carbocycles. The highest BCUT2D eigenvalue weighted by Crippen LogP contribution is 2.48. The van der Waals surface area contributed by atoms with Gasteiger partial charge in [0.2, 0.25) is 0 Å². The van der Waals surface area contributed by atoms with Crippen molar-refractivity contribution in [1.82, 2.24) is 0 Å². The van der Waals surface area contributed by atoms with E-state index in [2.05, 4.69) is 19.1 Å². The van der Waals surface area contributed by atoms with E-state index >= 15 is 0 Å². The fraction of sp³-hybridized carbons (Fsp3) is 0.533. The molecule has 0 spiro atoms. The van der Waals surface area contributed by atoms with Crippen LogP contribution in [0.5, 0.6) is 0 Å². The van der Waals surface area contributed by atoms with Gasteiger partial charge < -0.3 is 4.74 Å². The highest BCUT2D eigenvalue weighted by Gasteiger charge is 2.36. The number of hydrogen-bond acceptors (Lipinski definition) is 2. The maximum absolute atomic E-state index is 12.0. The van der Waals surface area contributed by atoms with Crippen LogP contribution in [-0.4, -0.2) is 12.6 Å². The molecule has 0 saturated heterocycles. The average Bonchev–Trinajstić information content (AvgIpc) is 3.03. The summed E-state index contributed by atoms with van der Waals surface area (Å²) < 4.78 is 5.25. The first kappa shape index (κ1) is 12.2. The minimum absolute atomic E-state index is 0.162. The van der Waals surface area contributed by atoms with Gasteiger partial charge in [0.25, 0.3) is 0 Å². The average molecular weight is 232 g/mol. The largest absolute Gasteiger partial charge is 0.462 e. The summed E-state index contributed by atoms with van der Waals surface area (Å²) in [4.78, 5) is 12.0. The molecule has 1 aliphatic rings. The molecule has 0 N–H and O–H groups in total. The maximum Gasteiger partial charge on any atom is 0.338 e. The Balaban J connectivity index is 2.24. The molecule has 92 valence electrons. The first-order chi connectivity index (χ1) is 8.13. The molecular weight excluding hydrogens is 212 g/mol. The summed E-state index contributed by atoms with van der Waals surface area (Å²) in [5, 5.41) is 0. The maximum atomic E-state index is 12.0. The van der Waals surface area contributed by atoms with Gasteiger partial charge in [0.05, 0.1) is 12.2 Å². The molecule has 1 saturated carbocycles. The van der Waals surface area contributed by atoms with Crippen LogP contribution in [0.3, 0.4) is 0 Å². The Morgan fingerprint density at radius 1 is 1.47 bits per heavy atom. The van der Waals surface area contributed by atoms with E-state index in [1.165, 1.54) is 12.0 Å². The fourth-order valence-corrected chi connectivity index (χ4v) is 2.20. The highest BCUT2D eigenvalue weighted by molar-refractivity contribution is 5.91. The number of carbonyl (C=O) groups excluding carboxylic acids is 1. The normalized spacial score (nSPS) is 22.3. The summed E-state index contributed by atoms with van der Waals surface area (Å²) in [7, 11) is 0. The molecule has 1 aromatic rings. The minimum atomic E-state index is -0.162. The quantitative estimate of drug-likeness (QED) is 0.740. The molecule has 2 atom stereocenters. The second-order valence-electron chi connectivity index (χ2n) is 5.05. The van der Waals surface area contributed by atoms with Gasteiger partial charge >= 0.3 is 5.97 Å². The van der Waals surface area contributed by atoms with Gasteiger partial charge in [-0.05, 0) is 43.2 Å². The van der Waals surface area contributed by atoms with Crippen molar-refractivity contribution in [3.63, 3.8) is 0 Å². The first-order valence-electron chi connectivity index (χ1n) is 6.41. The van der Waals surface area contributed by atoms with Crippen LogP contribution in [-0.2, 0) is 4.74 Å². The molecule has 17 heavy (non-hydrogen) atoms. The van der Waals surface area contributed by atoms with Crippen LogP contribution in [0, 0.1) is 12.8 Å². The number of hydrogen-bond donors (Lipinski definition) is 0. The summed E-state index contributed by atoms with van der Waals surface area (Å²) in [6, 6.07) is 6.13. The zero-order valence-corrected chi connectivity index (χ0v) is 10.8. The lowest BCUT2D eigenvalue weighted by atomic mass is 10.00. The lowest BCUT2D eigenvalue weighted by Gasteiger charge is -2.10. The Morgan fingerprint density at radius 2 is 2.18 bits per heavy atom. The van der Waals surface area contributed by atoms with Gasteiger partial charge in [-0.3, -0.25) is 0 Å². The predicted molar refractivity (Wildman–Crippen MR) is 68.3 cm³/mol. The predicted octanol–water partition coefficient (Wildman–Crippen LogP) is 3.69. The van der Waals surface area contributed by atoms with Crippen molar-refractivity contribution in [3.05, 3.63) is 34.9 Å². The van der Waals surface area contributed by atoms with Gasteiger partial charge in [-0.1, -0.05) is 31.5 Å². The Morgan fingerprint density at radius 3 is 2.76 bits per heavy atom. The van der Waals surface area contributed by atoms with Gasteiger partial charge in [0.15, 0.2) is 0 Å². The number of rotatable bonds is 4. The molecule has 1 aliphatic carbocycles. The summed E-state index contributed by atoms with van der Waals surface area (Å²) in [5.74, 6) is 1.10. The molecule has 0 heterocycles. The monoisotopic (exact) mass is 232 g/mol. The second kappa shape index (κ2) is 4.91. The van der Waals surface area contributed by atoms with Crippen LogP contribution >= 0.6 is 0 Å². The van der Waals surface area contributed by atoms with E-state index in [0.717, 1.165) is 17.5 Å². The SMILES string of the molecule is CCCOC(=O)c1cc(C)ccc1C1CC1C. The van der Waals surface area contributed by atoms with Gasteiger partial charge in [0.1, 0.15) is 0 Å². The van der Waals surface area contributed by atoms with Crippen molar-refractivity contribution in [2.24, 2.45) is 5.92 Å². The smallest absolute Gasteiger partial charge is 0.338 e. The first-order valence-corrected chi connectivity index (χ1v) is 6.41. The van der Waals surface area contributed by atoms with Gasteiger partial charge in [-0.2, -0.15) is 0 Å². The second-order valence-corrected chi connectivity index (χ2v) is 5.05. The molecule has 0 amide bonds. The van der Waals surface area contributed by atoms with Crippen molar-refractivity contribution in [2.45, 2.75) is 39.5 Å². The van der Waals surface area contributed by atoms with Gasteiger partial charge in [0, 0.05) is 0 Å². The van der Waals surface area contributed by atoms with Crippen molar-refractivity contribution in [3.8, 4) is 0 Å². The van der Waals surface area contributed by atoms with Crippen molar-refractivity contribution >= 4 is 5.97 Å².